The first-order valence-electron chi connectivity index (χ1n) is 7.23. The van der Waals surface area contributed by atoms with Gasteiger partial charge >= 0.3 is 6.03 Å². The van der Waals surface area contributed by atoms with Gasteiger partial charge in [-0.05, 0) is 55.5 Å². The number of aromatic nitrogens is 2. The number of anilines is 1. The lowest BCUT2D eigenvalue weighted by Gasteiger charge is -2.18. The van der Waals surface area contributed by atoms with Crippen LogP contribution in [0.4, 0.5) is 14.9 Å². The third-order valence-corrected chi connectivity index (χ3v) is 3.62. The highest BCUT2D eigenvalue weighted by molar-refractivity contribution is 5.89. The number of rotatable bonds is 4. The summed E-state index contributed by atoms with van der Waals surface area (Å²) >= 11 is 0. The van der Waals surface area contributed by atoms with Crippen molar-refractivity contribution in [3.63, 3.8) is 0 Å². The number of pyridine rings is 2. The van der Waals surface area contributed by atoms with Crippen molar-refractivity contribution < 1.29 is 9.18 Å². The van der Waals surface area contributed by atoms with Gasteiger partial charge in [-0.1, -0.05) is 0 Å². The van der Waals surface area contributed by atoms with Gasteiger partial charge in [-0.2, -0.15) is 4.39 Å². The molecule has 2 amide bonds. The summed E-state index contributed by atoms with van der Waals surface area (Å²) in [5.41, 5.74) is 2.43. The number of carbonyl (C=O) groups is 1. The van der Waals surface area contributed by atoms with Gasteiger partial charge in [0.1, 0.15) is 0 Å². The molecule has 2 heterocycles. The molecule has 0 aliphatic heterocycles. The fraction of sp³-hybridized carbons (Fsp3) is 0.312. The topological polar surface area (TPSA) is 66.9 Å². The van der Waals surface area contributed by atoms with Crippen molar-refractivity contribution in [2.45, 2.75) is 25.8 Å². The minimum atomic E-state index is -0.578. The average Bonchev–Trinajstić information content (AvgIpc) is 3.32. The second-order valence-electron chi connectivity index (χ2n) is 5.54. The minimum Gasteiger partial charge on any atom is -0.329 e. The zero-order valence-corrected chi connectivity index (χ0v) is 12.2. The molecule has 0 saturated heterocycles. The number of hydrogen-bond donors (Lipinski definition) is 2. The van der Waals surface area contributed by atoms with Crippen molar-refractivity contribution in [2.24, 2.45) is 5.92 Å². The molecule has 2 N–H and O–H groups in total. The second kappa shape index (κ2) is 6.09. The molecule has 1 aliphatic rings. The summed E-state index contributed by atoms with van der Waals surface area (Å²) in [6.45, 7) is 2.00. The summed E-state index contributed by atoms with van der Waals surface area (Å²) < 4.78 is 12.8. The zero-order valence-electron chi connectivity index (χ0n) is 12.2. The maximum absolute atomic E-state index is 12.8. The van der Waals surface area contributed by atoms with E-state index in [1.54, 1.807) is 6.20 Å². The Labute approximate surface area is 128 Å². The Hall–Kier alpha value is -2.50. The predicted molar refractivity (Wildman–Crippen MR) is 80.8 cm³/mol. The molecular weight excluding hydrogens is 283 g/mol. The van der Waals surface area contributed by atoms with Gasteiger partial charge in [0.25, 0.3) is 0 Å². The summed E-state index contributed by atoms with van der Waals surface area (Å²) in [6.07, 6.45) is 5.20. The summed E-state index contributed by atoms with van der Waals surface area (Å²) in [5.74, 6) is -0.155. The van der Waals surface area contributed by atoms with Gasteiger partial charge in [0, 0.05) is 6.20 Å². The van der Waals surface area contributed by atoms with Crippen LogP contribution in [0.15, 0.2) is 36.7 Å². The SMILES string of the molecule is Cc1ccnc(C(NC(=O)Nc2ccc(F)nc2)C2CC2)c1. The Morgan fingerprint density at radius 3 is 2.77 bits per heavy atom. The standard InChI is InChI=1S/C16H17FN4O/c1-10-6-7-18-13(8-10)15(11-2-3-11)21-16(22)20-12-4-5-14(17)19-9-12/h4-9,11,15H,2-3H2,1H3,(H2,20,21,22). The highest BCUT2D eigenvalue weighted by atomic mass is 19.1. The molecule has 2 aromatic rings. The van der Waals surface area contributed by atoms with Gasteiger partial charge in [-0.25, -0.2) is 9.78 Å². The summed E-state index contributed by atoms with van der Waals surface area (Å²) in [4.78, 5) is 20.0. The van der Waals surface area contributed by atoms with Gasteiger partial charge < -0.3 is 10.6 Å². The molecule has 0 radical (unpaired) electrons. The van der Waals surface area contributed by atoms with Crippen molar-refractivity contribution in [3.8, 4) is 0 Å². The molecule has 5 nitrogen and oxygen atoms in total. The first kappa shape index (κ1) is 14.4. The fourth-order valence-corrected chi connectivity index (χ4v) is 2.35. The van der Waals surface area contributed by atoms with E-state index in [2.05, 4.69) is 20.6 Å². The third-order valence-electron chi connectivity index (χ3n) is 3.62. The van der Waals surface area contributed by atoms with Crippen molar-refractivity contribution in [3.05, 3.63) is 53.9 Å². The van der Waals surface area contributed by atoms with Crippen LogP contribution in [0.3, 0.4) is 0 Å². The van der Waals surface area contributed by atoms with Crippen LogP contribution in [0.1, 0.15) is 30.1 Å². The van der Waals surface area contributed by atoms with E-state index in [0.717, 1.165) is 24.1 Å². The highest BCUT2D eigenvalue weighted by Gasteiger charge is 2.34. The number of aryl methyl sites for hydroxylation is 1. The number of urea groups is 1. The second-order valence-corrected chi connectivity index (χ2v) is 5.54. The Balaban J connectivity index is 1.68. The molecule has 114 valence electrons. The number of hydrogen-bond acceptors (Lipinski definition) is 3. The van der Waals surface area contributed by atoms with Crippen LogP contribution in [0.2, 0.25) is 0 Å². The Kier molecular flexibility index (Phi) is 4.00. The van der Waals surface area contributed by atoms with Gasteiger partial charge in [-0.15, -0.1) is 0 Å². The lowest BCUT2D eigenvalue weighted by Crippen LogP contribution is -2.34. The number of nitrogens with zero attached hydrogens (tertiary/aromatic N) is 2. The van der Waals surface area contributed by atoms with E-state index in [1.807, 2.05) is 19.1 Å². The highest BCUT2D eigenvalue weighted by Crippen LogP contribution is 2.40. The largest absolute Gasteiger partial charge is 0.329 e. The molecule has 1 atom stereocenters. The lowest BCUT2D eigenvalue weighted by atomic mass is 10.1. The number of carbonyl (C=O) groups excluding carboxylic acids is 1. The third kappa shape index (κ3) is 3.58. The van der Waals surface area contributed by atoms with E-state index in [1.165, 1.54) is 18.3 Å². The van der Waals surface area contributed by atoms with E-state index in [4.69, 9.17) is 0 Å². The molecule has 0 spiro atoms. The van der Waals surface area contributed by atoms with E-state index in [-0.39, 0.29) is 12.1 Å². The maximum Gasteiger partial charge on any atom is 0.319 e. The normalized spacial score (nSPS) is 15.2. The molecule has 1 saturated carbocycles. The van der Waals surface area contributed by atoms with Crippen molar-refractivity contribution in [2.75, 3.05) is 5.32 Å². The van der Waals surface area contributed by atoms with E-state index in [0.29, 0.717) is 11.6 Å². The molecule has 1 unspecified atom stereocenters. The zero-order chi connectivity index (χ0) is 15.5. The van der Waals surface area contributed by atoms with Crippen LogP contribution in [0, 0.1) is 18.8 Å². The lowest BCUT2D eigenvalue weighted by molar-refractivity contribution is 0.246. The Morgan fingerprint density at radius 1 is 1.32 bits per heavy atom. The molecule has 22 heavy (non-hydrogen) atoms. The molecular formula is C16H17FN4O. The number of halogens is 1. The van der Waals surface area contributed by atoms with E-state index < -0.39 is 5.95 Å². The van der Waals surface area contributed by atoms with Crippen molar-refractivity contribution >= 4 is 11.7 Å². The van der Waals surface area contributed by atoms with Gasteiger partial charge in [0.05, 0.1) is 23.6 Å². The van der Waals surface area contributed by atoms with E-state index in [9.17, 15) is 9.18 Å². The average molecular weight is 300 g/mol. The summed E-state index contributed by atoms with van der Waals surface area (Å²) in [6, 6.07) is 6.15. The van der Waals surface area contributed by atoms with Crippen molar-refractivity contribution in [1.82, 2.24) is 15.3 Å². The predicted octanol–water partition coefficient (Wildman–Crippen LogP) is 3.20. The Morgan fingerprint density at radius 2 is 2.14 bits per heavy atom. The first-order chi connectivity index (χ1) is 10.6. The number of nitrogens with one attached hydrogen (secondary N) is 2. The van der Waals surface area contributed by atoms with Crippen LogP contribution < -0.4 is 10.6 Å². The minimum absolute atomic E-state index is 0.103. The van der Waals surface area contributed by atoms with Gasteiger partial charge in [0.15, 0.2) is 0 Å². The van der Waals surface area contributed by atoms with Crippen LogP contribution >= 0.6 is 0 Å². The fourth-order valence-electron chi connectivity index (χ4n) is 2.35. The quantitative estimate of drug-likeness (QED) is 0.852. The molecule has 6 heteroatoms. The van der Waals surface area contributed by atoms with Crippen LogP contribution in [0.5, 0.6) is 0 Å². The van der Waals surface area contributed by atoms with E-state index >= 15 is 0 Å². The van der Waals surface area contributed by atoms with Crippen LogP contribution in [0.25, 0.3) is 0 Å². The molecule has 0 aromatic carbocycles. The van der Waals surface area contributed by atoms with Crippen molar-refractivity contribution in [1.29, 1.82) is 0 Å². The smallest absolute Gasteiger partial charge is 0.319 e. The molecule has 2 aromatic heterocycles. The molecule has 0 bridgehead atoms. The first-order valence-corrected chi connectivity index (χ1v) is 7.23. The van der Waals surface area contributed by atoms with Gasteiger partial charge in [-0.3, -0.25) is 4.98 Å². The monoisotopic (exact) mass is 300 g/mol. The van der Waals surface area contributed by atoms with Crippen LogP contribution in [-0.2, 0) is 0 Å². The van der Waals surface area contributed by atoms with Gasteiger partial charge in [0.2, 0.25) is 5.95 Å². The van der Waals surface area contributed by atoms with Crippen LogP contribution in [-0.4, -0.2) is 16.0 Å². The summed E-state index contributed by atoms with van der Waals surface area (Å²) in [7, 11) is 0. The molecule has 1 fully saturated rings. The Bertz CT molecular complexity index is 670. The summed E-state index contributed by atoms with van der Waals surface area (Å²) in [5, 5.41) is 5.61. The molecule has 1 aliphatic carbocycles. The molecule has 3 rings (SSSR count). The number of amides is 2. The maximum atomic E-state index is 12.8.